The van der Waals surface area contributed by atoms with E-state index in [9.17, 15) is 4.91 Å². The van der Waals surface area contributed by atoms with Gasteiger partial charge < -0.3 is 0 Å². The average molecular weight is 321 g/mol. The maximum atomic E-state index is 9.98. The Hall–Kier alpha value is -3.71. The SMILES string of the molecule is O=NN=CC1=CN1C#Cc1cc2ccc3cccc4ccc(c1)c2c34. The third-order valence-electron chi connectivity index (χ3n) is 4.49. The molecular weight excluding hydrogens is 310 g/mol. The second kappa shape index (κ2) is 5.15. The molecule has 1 heterocycles. The zero-order valence-electron chi connectivity index (χ0n) is 13.1. The van der Waals surface area contributed by atoms with Gasteiger partial charge in [0.1, 0.15) is 0 Å². The standard InChI is InChI=1S/C21H11N3O/c25-23-22-12-19-13-24(19)9-8-14-10-17-6-4-15-2-1-3-16-5-7-18(11-14)21(17)20(15)16/h1-7,10-13H. The molecular formula is C21H11N3O. The van der Waals surface area contributed by atoms with Gasteiger partial charge in [-0.3, -0.25) is 4.90 Å². The summed E-state index contributed by atoms with van der Waals surface area (Å²) in [5.41, 5.74) is 1.74. The molecule has 1 aliphatic heterocycles. The summed E-state index contributed by atoms with van der Waals surface area (Å²) in [7, 11) is 0. The van der Waals surface area contributed by atoms with Crippen LogP contribution in [0.15, 0.2) is 76.9 Å². The third-order valence-corrected chi connectivity index (χ3v) is 4.49. The van der Waals surface area contributed by atoms with Crippen molar-refractivity contribution in [2.45, 2.75) is 0 Å². The molecule has 0 bridgehead atoms. The Labute approximate surface area is 143 Å². The summed E-state index contributed by atoms with van der Waals surface area (Å²) in [5.74, 6) is 3.17. The monoisotopic (exact) mass is 321 g/mol. The molecule has 0 saturated heterocycles. The van der Waals surface area contributed by atoms with Crippen molar-refractivity contribution < 1.29 is 0 Å². The molecule has 4 heteroatoms. The van der Waals surface area contributed by atoms with Gasteiger partial charge in [-0.25, -0.2) is 0 Å². The van der Waals surface area contributed by atoms with Crippen LogP contribution in [0.2, 0.25) is 0 Å². The van der Waals surface area contributed by atoms with Crippen LogP contribution in [0.1, 0.15) is 5.56 Å². The molecule has 0 radical (unpaired) electrons. The number of rotatable bonds is 2. The Kier molecular flexibility index (Phi) is 2.82. The van der Waals surface area contributed by atoms with Crippen molar-refractivity contribution >= 4 is 38.5 Å². The largest absolute Gasteiger partial charge is 0.271 e. The van der Waals surface area contributed by atoms with Gasteiger partial charge in [-0.15, -0.1) is 10.0 Å². The molecule has 25 heavy (non-hydrogen) atoms. The minimum absolute atomic E-state index is 0.782. The first-order chi connectivity index (χ1) is 12.3. The van der Waals surface area contributed by atoms with E-state index in [1.807, 2.05) is 0 Å². The first-order valence-electron chi connectivity index (χ1n) is 7.89. The average Bonchev–Trinajstić information content (AvgIpc) is 3.41. The normalized spacial score (nSPS) is 13.4. The molecule has 1 aliphatic rings. The molecule has 0 spiro atoms. The Bertz CT molecular complexity index is 1210. The maximum Gasteiger partial charge on any atom is 0.0915 e. The van der Waals surface area contributed by atoms with Crippen molar-refractivity contribution in [3.05, 3.63) is 77.0 Å². The lowest BCUT2D eigenvalue weighted by Crippen LogP contribution is -1.89. The van der Waals surface area contributed by atoms with Gasteiger partial charge in [0, 0.05) is 17.8 Å². The van der Waals surface area contributed by atoms with Gasteiger partial charge >= 0.3 is 0 Å². The number of hydrogen-bond donors (Lipinski definition) is 0. The Balaban J connectivity index is 1.60. The molecule has 0 atom stereocenters. The minimum atomic E-state index is 0.782. The highest BCUT2D eigenvalue weighted by Gasteiger charge is 2.16. The highest BCUT2D eigenvalue weighted by atomic mass is 16.3. The molecule has 4 nitrogen and oxygen atoms in total. The first-order valence-corrected chi connectivity index (χ1v) is 7.89. The van der Waals surface area contributed by atoms with Crippen molar-refractivity contribution in [2.24, 2.45) is 10.4 Å². The molecule has 0 saturated carbocycles. The van der Waals surface area contributed by atoms with E-state index >= 15 is 0 Å². The number of hydrogen-bond acceptors (Lipinski definition) is 3. The van der Waals surface area contributed by atoms with E-state index in [2.05, 4.69) is 76.9 Å². The highest BCUT2D eigenvalue weighted by molar-refractivity contribution is 6.23. The predicted octanol–water partition coefficient (Wildman–Crippen LogP) is 4.80. The number of benzene rings is 4. The van der Waals surface area contributed by atoms with Crippen molar-refractivity contribution in [2.75, 3.05) is 0 Å². The molecule has 0 unspecified atom stereocenters. The number of allylic oxidation sites excluding steroid dienone is 1. The van der Waals surface area contributed by atoms with Crippen LogP contribution in [0.3, 0.4) is 0 Å². The highest BCUT2D eigenvalue weighted by Crippen LogP contribution is 2.34. The zero-order chi connectivity index (χ0) is 16.8. The van der Waals surface area contributed by atoms with E-state index in [1.165, 1.54) is 38.5 Å². The summed E-state index contributed by atoms with van der Waals surface area (Å²) in [6.07, 6.45) is 3.19. The minimum Gasteiger partial charge on any atom is -0.271 e. The molecule has 116 valence electrons. The number of nitrogens with zero attached hydrogens (tertiary/aromatic N) is 3. The van der Waals surface area contributed by atoms with Gasteiger partial charge in [0.25, 0.3) is 0 Å². The predicted molar refractivity (Wildman–Crippen MR) is 101 cm³/mol. The van der Waals surface area contributed by atoms with E-state index in [0.29, 0.717) is 0 Å². The topological polar surface area (TPSA) is 44.8 Å². The first kappa shape index (κ1) is 13.7. The van der Waals surface area contributed by atoms with Crippen molar-refractivity contribution in [1.29, 1.82) is 0 Å². The van der Waals surface area contributed by atoms with Crippen LogP contribution in [-0.4, -0.2) is 11.1 Å². The van der Waals surface area contributed by atoms with Gasteiger partial charge in [0.15, 0.2) is 0 Å². The van der Waals surface area contributed by atoms with Crippen LogP contribution in [0.4, 0.5) is 0 Å². The van der Waals surface area contributed by atoms with E-state index in [0.717, 1.165) is 11.3 Å². The summed E-state index contributed by atoms with van der Waals surface area (Å²) in [4.78, 5) is 11.7. The molecule has 4 aromatic rings. The third kappa shape index (κ3) is 2.22. The fourth-order valence-corrected chi connectivity index (χ4v) is 3.33. The maximum absolute atomic E-state index is 9.98. The van der Waals surface area contributed by atoms with E-state index in [1.54, 1.807) is 11.1 Å². The van der Waals surface area contributed by atoms with Crippen molar-refractivity contribution in [3.63, 3.8) is 0 Å². The second-order valence-electron chi connectivity index (χ2n) is 5.99. The molecule has 0 aromatic heterocycles. The summed E-state index contributed by atoms with van der Waals surface area (Å²) in [6, 6.07) is 22.3. The summed E-state index contributed by atoms with van der Waals surface area (Å²) in [5, 5.41) is 13.3. The van der Waals surface area contributed by atoms with Gasteiger partial charge in [-0.05, 0) is 50.4 Å². The van der Waals surface area contributed by atoms with Gasteiger partial charge in [-0.1, -0.05) is 42.5 Å². The molecule has 5 rings (SSSR count). The van der Waals surface area contributed by atoms with Crippen LogP contribution < -0.4 is 0 Å². The lowest BCUT2D eigenvalue weighted by molar-refractivity contribution is 0.868. The van der Waals surface area contributed by atoms with Gasteiger partial charge in [0.2, 0.25) is 0 Å². The van der Waals surface area contributed by atoms with E-state index in [-0.39, 0.29) is 0 Å². The van der Waals surface area contributed by atoms with Gasteiger partial charge in [0.05, 0.1) is 17.2 Å². The summed E-state index contributed by atoms with van der Waals surface area (Å²) in [6.45, 7) is 0. The van der Waals surface area contributed by atoms with E-state index < -0.39 is 0 Å². The Morgan fingerprint density at radius 2 is 1.52 bits per heavy atom. The summed E-state index contributed by atoms with van der Waals surface area (Å²) >= 11 is 0. The Morgan fingerprint density at radius 1 is 0.880 bits per heavy atom. The second-order valence-corrected chi connectivity index (χ2v) is 5.99. The summed E-state index contributed by atoms with van der Waals surface area (Å²) < 4.78 is 0. The quantitative estimate of drug-likeness (QED) is 0.175. The lowest BCUT2D eigenvalue weighted by Gasteiger charge is -2.10. The van der Waals surface area contributed by atoms with Crippen molar-refractivity contribution in [1.82, 2.24) is 4.90 Å². The van der Waals surface area contributed by atoms with E-state index in [4.69, 9.17) is 0 Å². The zero-order valence-corrected chi connectivity index (χ0v) is 13.1. The molecule has 0 aliphatic carbocycles. The number of nitroso groups, excluding NO2 is 1. The Morgan fingerprint density at radius 3 is 2.20 bits per heavy atom. The molecule has 0 fully saturated rings. The van der Waals surface area contributed by atoms with Gasteiger partial charge in [-0.2, -0.15) is 0 Å². The van der Waals surface area contributed by atoms with Crippen LogP contribution in [0, 0.1) is 16.9 Å². The van der Waals surface area contributed by atoms with Crippen LogP contribution in [-0.2, 0) is 0 Å². The molecule has 0 N–H and O–H groups in total. The lowest BCUT2D eigenvalue weighted by atomic mass is 9.93. The van der Waals surface area contributed by atoms with Crippen molar-refractivity contribution in [3.8, 4) is 12.0 Å². The van der Waals surface area contributed by atoms with Crippen LogP contribution >= 0.6 is 0 Å². The molecule has 0 amide bonds. The smallest absolute Gasteiger partial charge is 0.0915 e. The van der Waals surface area contributed by atoms with Crippen LogP contribution in [0.5, 0.6) is 0 Å². The van der Waals surface area contributed by atoms with Crippen LogP contribution in [0.25, 0.3) is 32.3 Å². The fraction of sp³-hybridized carbons (Fsp3) is 0. The fourth-order valence-electron chi connectivity index (χ4n) is 3.33. The molecule has 4 aromatic carbocycles.